The maximum atomic E-state index is 13.3. The van der Waals surface area contributed by atoms with Crippen molar-refractivity contribution in [1.29, 1.82) is 0 Å². The van der Waals surface area contributed by atoms with E-state index in [1.165, 1.54) is 12.1 Å². The largest absolute Gasteiger partial charge is 0.376 e. The summed E-state index contributed by atoms with van der Waals surface area (Å²) in [5.41, 5.74) is 1.84. The molecule has 0 bridgehead atoms. The lowest BCUT2D eigenvalue weighted by molar-refractivity contribution is 0.109. The summed E-state index contributed by atoms with van der Waals surface area (Å²) in [4.78, 5) is 14.3. The first-order chi connectivity index (χ1) is 12.1. The van der Waals surface area contributed by atoms with E-state index < -0.39 is 0 Å². The lowest BCUT2D eigenvalue weighted by Gasteiger charge is -2.29. The van der Waals surface area contributed by atoms with Crippen LogP contribution in [0.4, 0.5) is 9.18 Å². The number of rotatable bonds is 5. The predicted molar refractivity (Wildman–Crippen MR) is 94.8 cm³/mol. The molecule has 2 atom stereocenters. The number of hydrogen-bond donors (Lipinski definition) is 1. The first-order valence-electron chi connectivity index (χ1n) is 8.58. The van der Waals surface area contributed by atoms with Gasteiger partial charge in [-0.1, -0.05) is 42.5 Å². The average molecular weight is 342 g/mol. The third-order valence-electron chi connectivity index (χ3n) is 4.51. The van der Waals surface area contributed by atoms with E-state index in [1.54, 1.807) is 24.1 Å². The summed E-state index contributed by atoms with van der Waals surface area (Å²) in [7, 11) is 1.76. The molecule has 2 amide bonds. The molecular weight excluding hydrogens is 319 g/mol. The zero-order valence-corrected chi connectivity index (χ0v) is 14.3. The summed E-state index contributed by atoms with van der Waals surface area (Å²) < 4.78 is 18.9. The molecule has 0 aromatic heterocycles. The second kappa shape index (κ2) is 8.12. The standard InChI is InChI=1S/C20H23FN2O2/c1-23(20(24)22-14-18-8-5-13-25-18)19(15-6-3-2-4-7-15)16-9-11-17(21)12-10-16/h2-4,6-7,9-12,18-19H,5,8,13-14H2,1H3,(H,22,24)/t18-,19+/m1/s1. The molecule has 1 N–H and O–H groups in total. The number of urea groups is 1. The van der Waals surface area contributed by atoms with Crippen LogP contribution in [-0.4, -0.2) is 37.2 Å². The number of nitrogens with one attached hydrogen (secondary N) is 1. The lowest BCUT2D eigenvalue weighted by Crippen LogP contribution is -2.42. The van der Waals surface area contributed by atoms with Crippen LogP contribution in [-0.2, 0) is 4.74 Å². The Hall–Kier alpha value is -2.40. The van der Waals surface area contributed by atoms with E-state index in [4.69, 9.17) is 4.74 Å². The summed E-state index contributed by atoms with van der Waals surface area (Å²) in [6, 6.07) is 15.6. The van der Waals surface area contributed by atoms with Crippen molar-refractivity contribution in [3.05, 3.63) is 71.5 Å². The van der Waals surface area contributed by atoms with E-state index in [0.717, 1.165) is 30.6 Å². The van der Waals surface area contributed by atoms with Crippen LogP contribution >= 0.6 is 0 Å². The second-order valence-corrected chi connectivity index (χ2v) is 6.30. The van der Waals surface area contributed by atoms with Crippen LogP contribution in [0, 0.1) is 5.82 Å². The number of nitrogens with zero attached hydrogens (tertiary/aromatic N) is 1. The summed E-state index contributed by atoms with van der Waals surface area (Å²) in [6.45, 7) is 1.27. The number of carbonyl (C=O) groups excluding carboxylic acids is 1. The molecule has 2 aromatic rings. The number of ether oxygens (including phenoxy) is 1. The van der Waals surface area contributed by atoms with Gasteiger partial charge < -0.3 is 15.0 Å². The molecule has 1 fully saturated rings. The molecule has 0 radical (unpaired) electrons. The first-order valence-corrected chi connectivity index (χ1v) is 8.58. The molecule has 3 rings (SSSR count). The smallest absolute Gasteiger partial charge is 0.318 e. The maximum absolute atomic E-state index is 13.3. The maximum Gasteiger partial charge on any atom is 0.318 e. The number of halogens is 1. The zero-order valence-electron chi connectivity index (χ0n) is 14.3. The molecule has 0 saturated carbocycles. The van der Waals surface area contributed by atoms with Crippen LogP contribution in [0.1, 0.15) is 30.0 Å². The molecule has 1 aliphatic heterocycles. The minimum Gasteiger partial charge on any atom is -0.376 e. The molecule has 1 heterocycles. The molecular formula is C20H23FN2O2. The quantitative estimate of drug-likeness (QED) is 0.899. The van der Waals surface area contributed by atoms with Gasteiger partial charge in [-0.3, -0.25) is 0 Å². The van der Waals surface area contributed by atoms with Crippen molar-refractivity contribution in [2.75, 3.05) is 20.2 Å². The van der Waals surface area contributed by atoms with Gasteiger partial charge in [0.2, 0.25) is 0 Å². The molecule has 1 aliphatic rings. The Morgan fingerprint density at radius 1 is 1.20 bits per heavy atom. The zero-order chi connectivity index (χ0) is 17.6. The fourth-order valence-electron chi connectivity index (χ4n) is 3.17. The van der Waals surface area contributed by atoms with Crippen LogP contribution in [0.15, 0.2) is 54.6 Å². The van der Waals surface area contributed by atoms with Crippen LogP contribution in [0.25, 0.3) is 0 Å². The van der Waals surface area contributed by atoms with Gasteiger partial charge in [-0.05, 0) is 36.1 Å². The monoisotopic (exact) mass is 342 g/mol. The summed E-state index contributed by atoms with van der Waals surface area (Å²) in [6.07, 6.45) is 2.11. The van der Waals surface area contributed by atoms with Gasteiger partial charge in [-0.25, -0.2) is 9.18 Å². The van der Waals surface area contributed by atoms with Gasteiger partial charge in [0.1, 0.15) is 5.82 Å². The van der Waals surface area contributed by atoms with Crippen molar-refractivity contribution in [2.24, 2.45) is 0 Å². The van der Waals surface area contributed by atoms with Crippen molar-refractivity contribution in [3.8, 4) is 0 Å². The highest BCUT2D eigenvalue weighted by molar-refractivity contribution is 5.75. The van der Waals surface area contributed by atoms with Crippen molar-refractivity contribution in [3.63, 3.8) is 0 Å². The minimum atomic E-state index is -0.291. The van der Waals surface area contributed by atoms with Gasteiger partial charge in [-0.15, -0.1) is 0 Å². The fraction of sp³-hybridized carbons (Fsp3) is 0.350. The van der Waals surface area contributed by atoms with Gasteiger partial charge in [0.15, 0.2) is 0 Å². The Morgan fingerprint density at radius 3 is 2.52 bits per heavy atom. The summed E-state index contributed by atoms with van der Waals surface area (Å²) in [5.74, 6) is -0.291. The molecule has 4 nitrogen and oxygen atoms in total. The van der Waals surface area contributed by atoms with E-state index in [-0.39, 0.29) is 24.0 Å². The molecule has 0 spiro atoms. The molecule has 2 aromatic carbocycles. The first kappa shape index (κ1) is 17.4. The van der Waals surface area contributed by atoms with Gasteiger partial charge >= 0.3 is 6.03 Å². The Labute approximate surface area is 147 Å². The van der Waals surface area contributed by atoms with E-state index in [2.05, 4.69) is 5.32 Å². The van der Waals surface area contributed by atoms with Crippen molar-refractivity contribution < 1.29 is 13.9 Å². The Balaban J connectivity index is 1.78. The molecule has 25 heavy (non-hydrogen) atoms. The molecule has 5 heteroatoms. The number of benzene rings is 2. The third kappa shape index (κ3) is 4.37. The van der Waals surface area contributed by atoms with Crippen molar-refractivity contribution in [1.82, 2.24) is 10.2 Å². The predicted octanol–water partition coefficient (Wildman–Crippen LogP) is 3.74. The van der Waals surface area contributed by atoms with Gasteiger partial charge in [0.25, 0.3) is 0 Å². The summed E-state index contributed by atoms with van der Waals surface area (Å²) >= 11 is 0. The number of hydrogen-bond acceptors (Lipinski definition) is 2. The van der Waals surface area contributed by atoms with E-state index in [9.17, 15) is 9.18 Å². The Morgan fingerprint density at radius 2 is 1.88 bits per heavy atom. The second-order valence-electron chi connectivity index (χ2n) is 6.30. The molecule has 132 valence electrons. The van der Waals surface area contributed by atoms with Gasteiger partial charge in [-0.2, -0.15) is 0 Å². The van der Waals surface area contributed by atoms with E-state index in [1.807, 2.05) is 30.3 Å². The Bertz CT molecular complexity index is 685. The topological polar surface area (TPSA) is 41.6 Å². The lowest BCUT2D eigenvalue weighted by atomic mass is 9.97. The van der Waals surface area contributed by atoms with Crippen molar-refractivity contribution >= 4 is 6.03 Å². The van der Waals surface area contributed by atoms with E-state index >= 15 is 0 Å². The Kier molecular flexibility index (Phi) is 5.66. The number of carbonyl (C=O) groups is 1. The fourth-order valence-corrected chi connectivity index (χ4v) is 3.17. The van der Waals surface area contributed by atoms with Crippen LogP contribution in [0.5, 0.6) is 0 Å². The average Bonchev–Trinajstić information content (AvgIpc) is 3.16. The SMILES string of the molecule is CN(C(=O)NC[C@H]1CCCO1)[C@@H](c1ccccc1)c1ccc(F)cc1. The van der Waals surface area contributed by atoms with Gasteiger partial charge in [0, 0.05) is 20.2 Å². The number of amides is 2. The highest BCUT2D eigenvalue weighted by atomic mass is 19.1. The van der Waals surface area contributed by atoms with Crippen LogP contribution < -0.4 is 5.32 Å². The van der Waals surface area contributed by atoms with Crippen LogP contribution in [0.2, 0.25) is 0 Å². The molecule has 0 unspecified atom stereocenters. The normalized spacial score (nSPS) is 17.9. The van der Waals surface area contributed by atoms with Crippen molar-refractivity contribution in [2.45, 2.75) is 25.0 Å². The van der Waals surface area contributed by atoms with E-state index in [0.29, 0.717) is 6.54 Å². The highest BCUT2D eigenvalue weighted by Gasteiger charge is 2.24. The highest BCUT2D eigenvalue weighted by Crippen LogP contribution is 2.27. The molecule has 0 aliphatic carbocycles. The van der Waals surface area contributed by atoms with Crippen LogP contribution in [0.3, 0.4) is 0 Å². The minimum absolute atomic E-state index is 0.0957. The van der Waals surface area contributed by atoms with Gasteiger partial charge in [0.05, 0.1) is 12.1 Å². The summed E-state index contributed by atoms with van der Waals surface area (Å²) in [5, 5.41) is 2.94. The molecule has 1 saturated heterocycles. The third-order valence-corrected chi connectivity index (χ3v) is 4.51.